The maximum Gasteiger partial charge on any atom is 4.00 e. The molecule has 2 aliphatic carbocycles. The quantitative estimate of drug-likeness (QED) is 0.385. The summed E-state index contributed by atoms with van der Waals surface area (Å²) in [5, 5.41) is 19.6. The first-order chi connectivity index (χ1) is 15.4. The average Bonchev–Trinajstić information content (AvgIpc) is 3.59. The fraction of sp³-hybridized carbons (Fsp3) is 0.692. The molecule has 0 radical (unpaired) electrons. The number of allylic oxidation sites excluding steroid dienone is 8. The first-order valence-electron chi connectivity index (χ1n) is 12.3. The van der Waals surface area contributed by atoms with Gasteiger partial charge >= 0.3 is 26.2 Å². The van der Waals surface area contributed by atoms with E-state index in [-0.39, 0.29) is 26.2 Å². The van der Waals surface area contributed by atoms with Crippen LogP contribution in [0.25, 0.3) is 0 Å². The van der Waals surface area contributed by atoms with Gasteiger partial charge in [-0.2, -0.15) is 26.4 Å². The van der Waals surface area contributed by atoms with Crippen LogP contribution in [0.1, 0.15) is 51.4 Å². The summed E-state index contributed by atoms with van der Waals surface area (Å²) in [4.78, 5) is 0. The van der Waals surface area contributed by atoms with Crippen molar-refractivity contribution in [3.63, 3.8) is 0 Å². The van der Waals surface area contributed by atoms with E-state index in [1.54, 1.807) is 0 Å². The molecule has 0 saturated carbocycles. The molecule has 4 nitrogen and oxygen atoms in total. The number of hydrogen-bond donors (Lipinski definition) is 0. The molecule has 2 aliphatic heterocycles. The fourth-order valence-corrected chi connectivity index (χ4v) is 10.6. The molecule has 0 N–H and O–H groups in total. The van der Waals surface area contributed by atoms with E-state index in [0.717, 1.165) is 27.1 Å². The molecule has 33 heavy (non-hydrogen) atoms. The van der Waals surface area contributed by atoms with Crippen LogP contribution in [0.2, 0.25) is 26.2 Å². The molecule has 0 amide bonds. The third-order valence-electron chi connectivity index (χ3n) is 7.00. The summed E-state index contributed by atoms with van der Waals surface area (Å²) in [5.41, 5.74) is 0. The SMILES string of the molecule is C[O-].C[O-].C[Si](C)(C1=[C-]CC=C1)N1CCCCC1.C[Si](C)(C1=[C-]CC=C1)N1CCCCC1.[Zr+4]. The van der Waals surface area contributed by atoms with Crippen LogP contribution in [0.3, 0.4) is 0 Å². The summed E-state index contributed by atoms with van der Waals surface area (Å²) >= 11 is 0. The fourth-order valence-electron chi connectivity index (χ4n) is 4.90. The standard InChI is InChI=1S/2C12H20NSi.2CH3O.Zr/c2*1-14(2,12-8-4-5-9-12)13-10-6-3-7-11-13;2*1-2;/h2*4,8H,3,5-7,10-11H2,1-2H3;2*1H3;/q4*-1;+4. The Morgan fingerprint density at radius 1 is 0.606 bits per heavy atom. The molecule has 0 unspecified atom stereocenters. The summed E-state index contributed by atoms with van der Waals surface area (Å²) in [6, 6.07) is 0. The van der Waals surface area contributed by atoms with Crippen molar-refractivity contribution in [2.45, 2.75) is 77.6 Å². The minimum Gasteiger partial charge on any atom is -0.857 e. The third kappa shape index (κ3) is 9.95. The maximum atomic E-state index is 8.25. The molecular weight excluding hydrogens is 520 g/mol. The van der Waals surface area contributed by atoms with Gasteiger partial charge in [0, 0.05) is 0 Å². The van der Waals surface area contributed by atoms with E-state index in [1.807, 2.05) is 0 Å². The van der Waals surface area contributed by atoms with Crippen LogP contribution in [0.15, 0.2) is 34.7 Å². The summed E-state index contributed by atoms with van der Waals surface area (Å²) in [6.45, 7) is 15.1. The zero-order valence-corrected chi connectivity index (χ0v) is 26.5. The van der Waals surface area contributed by atoms with Crippen LogP contribution >= 0.6 is 0 Å². The Kier molecular flexibility index (Phi) is 17.6. The molecule has 184 valence electrons. The number of nitrogens with zero attached hydrogens (tertiary/aromatic N) is 2. The number of piperidine rings is 2. The molecular formula is C26H46N2O2Si2Zr. The Balaban J connectivity index is 0.000000526. The Bertz CT molecular complexity index is 593. The van der Waals surface area contributed by atoms with E-state index in [9.17, 15) is 0 Å². The molecule has 0 spiro atoms. The van der Waals surface area contributed by atoms with Crippen molar-refractivity contribution < 1.29 is 36.4 Å². The second kappa shape index (κ2) is 17.5. The zero-order valence-electron chi connectivity index (χ0n) is 22.0. The van der Waals surface area contributed by atoms with Gasteiger partial charge in [0.05, 0.1) is 0 Å². The first kappa shape index (κ1) is 33.1. The van der Waals surface area contributed by atoms with Gasteiger partial charge in [0.2, 0.25) is 0 Å². The van der Waals surface area contributed by atoms with E-state index in [0.29, 0.717) is 0 Å². The van der Waals surface area contributed by atoms with Gasteiger partial charge in [-0.3, -0.25) is 12.2 Å². The van der Waals surface area contributed by atoms with Crippen molar-refractivity contribution in [1.82, 2.24) is 9.13 Å². The monoisotopic (exact) mass is 564 g/mol. The Morgan fingerprint density at radius 3 is 1.15 bits per heavy atom. The van der Waals surface area contributed by atoms with Gasteiger partial charge in [-0.25, -0.2) is 22.5 Å². The van der Waals surface area contributed by atoms with Gasteiger partial charge in [-0.05, 0) is 51.9 Å². The van der Waals surface area contributed by atoms with Crippen molar-refractivity contribution in [1.29, 1.82) is 0 Å². The van der Waals surface area contributed by atoms with Crippen molar-refractivity contribution in [2.75, 3.05) is 40.4 Å². The normalized spacial score (nSPS) is 20.7. The maximum absolute atomic E-state index is 8.25. The average molecular weight is 566 g/mol. The molecule has 0 aromatic heterocycles. The second-order valence-corrected chi connectivity index (χ2v) is 18.2. The zero-order chi connectivity index (χ0) is 24.0. The number of rotatable bonds is 4. The molecule has 4 aliphatic rings. The Hall–Kier alpha value is 0.117. The second-order valence-electron chi connectivity index (χ2n) is 9.61. The van der Waals surface area contributed by atoms with Gasteiger partial charge in [0.15, 0.2) is 0 Å². The summed E-state index contributed by atoms with van der Waals surface area (Å²) in [5.74, 6) is 0. The Morgan fingerprint density at radius 2 is 0.909 bits per heavy atom. The molecule has 0 bridgehead atoms. The van der Waals surface area contributed by atoms with Crippen molar-refractivity contribution in [3.05, 3.63) is 46.8 Å². The predicted octanol–water partition coefficient (Wildman–Crippen LogP) is 3.76. The van der Waals surface area contributed by atoms with Crippen LogP contribution in [-0.2, 0) is 26.2 Å². The van der Waals surface area contributed by atoms with Crippen LogP contribution in [0, 0.1) is 12.2 Å². The van der Waals surface area contributed by atoms with Gasteiger partial charge < -0.3 is 19.3 Å². The van der Waals surface area contributed by atoms with Gasteiger partial charge in [-0.15, -0.1) is 12.8 Å². The largest absolute Gasteiger partial charge is 4.00 e. The van der Waals surface area contributed by atoms with Crippen LogP contribution in [0.4, 0.5) is 0 Å². The van der Waals surface area contributed by atoms with Crippen LogP contribution < -0.4 is 10.2 Å². The molecule has 2 heterocycles. The molecule has 2 saturated heterocycles. The minimum atomic E-state index is -1.32. The molecule has 7 heteroatoms. The Labute approximate surface area is 225 Å². The molecule has 4 rings (SSSR count). The van der Waals surface area contributed by atoms with E-state index in [2.05, 4.69) is 71.8 Å². The summed E-state index contributed by atoms with van der Waals surface area (Å²) < 4.78 is 5.49. The van der Waals surface area contributed by atoms with Crippen LogP contribution in [0.5, 0.6) is 0 Å². The summed E-state index contributed by atoms with van der Waals surface area (Å²) in [6.07, 6.45) is 26.7. The number of hydrogen-bond acceptors (Lipinski definition) is 4. The molecule has 0 aromatic carbocycles. The van der Waals surface area contributed by atoms with Crippen molar-refractivity contribution in [2.24, 2.45) is 0 Å². The van der Waals surface area contributed by atoms with Crippen LogP contribution in [-0.4, -0.2) is 66.0 Å². The molecule has 0 atom stereocenters. The van der Waals surface area contributed by atoms with E-state index < -0.39 is 16.5 Å². The predicted molar refractivity (Wildman–Crippen MR) is 139 cm³/mol. The topological polar surface area (TPSA) is 52.6 Å². The van der Waals surface area contributed by atoms with E-state index in [4.69, 9.17) is 10.2 Å². The van der Waals surface area contributed by atoms with E-state index in [1.165, 1.54) is 75.1 Å². The van der Waals surface area contributed by atoms with Gasteiger partial charge in [-0.1, -0.05) is 39.0 Å². The van der Waals surface area contributed by atoms with Gasteiger partial charge in [0.1, 0.15) is 16.5 Å². The smallest absolute Gasteiger partial charge is 0.857 e. The van der Waals surface area contributed by atoms with Crippen molar-refractivity contribution >= 4 is 16.5 Å². The summed E-state index contributed by atoms with van der Waals surface area (Å²) in [7, 11) is -1.13. The van der Waals surface area contributed by atoms with Crippen molar-refractivity contribution in [3.8, 4) is 0 Å². The molecule has 2 fully saturated rings. The third-order valence-corrected chi connectivity index (χ3v) is 14.4. The van der Waals surface area contributed by atoms with E-state index >= 15 is 0 Å². The minimum absolute atomic E-state index is 0. The molecule has 0 aromatic rings. The van der Waals surface area contributed by atoms with Gasteiger partial charge in [0.25, 0.3) is 0 Å². The first-order valence-corrected chi connectivity index (χ1v) is 18.2.